The summed E-state index contributed by atoms with van der Waals surface area (Å²) in [6.07, 6.45) is 4.91. The first-order valence-electron chi connectivity index (χ1n) is 9.06. The van der Waals surface area contributed by atoms with E-state index in [1.807, 2.05) is 49.5 Å². The number of carbonyl (C=O) groups is 1. The first kappa shape index (κ1) is 17.3. The van der Waals surface area contributed by atoms with Gasteiger partial charge in [0.15, 0.2) is 5.82 Å². The Morgan fingerprint density at radius 2 is 2.00 bits per heavy atom. The highest BCUT2D eigenvalue weighted by molar-refractivity contribution is 5.84. The first-order chi connectivity index (χ1) is 13.2. The molecule has 4 rings (SSSR count). The molecule has 3 aromatic rings. The molecule has 3 heterocycles. The maximum absolute atomic E-state index is 13.3. The van der Waals surface area contributed by atoms with Crippen molar-refractivity contribution in [1.29, 1.82) is 0 Å². The number of benzene rings is 1. The Morgan fingerprint density at radius 1 is 1.22 bits per heavy atom. The van der Waals surface area contributed by atoms with Crippen molar-refractivity contribution < 1.29 is 4.79 Å². The molecule has 27 heavy (non-hydrogen) atoms. The van der Waals surface area contributed by atoms with E-state index in [0.717, 1.165) is 18.8 Å². The van der Waals surface area contributed by atoms with E-state index in [9.17, 15) is 4.79 Å². The molecule has 9 nitrogen and oxygen atoms in total. The highest BCUT2D eigenvalue weighted by Crippen LogP contribution is 2.28. The van der Waals surface area contributed by atoms with Crippen molar-refractivity contribution in [3.05, 3.63) is 54.6 Å². The average Bonchev–Trinajstić information content (AvgIpc) is 3.41. The van der Waals surface area contributed by atoms with Crippen LogP contribution in [0.1, 0.15) is 31.6 Å². The number of piperidine rings is 1. The van der Waals surface area contributed by atoms with Crippen LogP contribution in [0.3, 0.4) is 0 Å². The Labute approximate surface area is 156 Å². The van der Waals surface area contributed by atoms with E-state index in [4.69, 9.17) is 0 Å². The second-order valence-electron chi connectivity index (χ2n) is 6.71. The number of nitrogens with one attached hydrogen (secondary N) is 2. The highest BCUT2D eigenvalue weighted by Gasteiger charge is 2.42. The van der Waals surface area contributed by atoms with Crippen LogP contribution in [0.15, 0.2) is 48.8 Å². The summed E-state index contributed by atoms with van der Waals surface area (Å²) in [6, 6.07) is 11.1. The monoisotopic (exact) mass is 366 g/mol. The molecule has 2 aromatic heterocycles. The number of nitrogens with zero attached hydrogens (tertiary/aromatic N) is 6. The number of amides is 1. The van der Waals surface area contributed by atoms with E-state index < -0.39 is 5.54 Å². The van der Waals surface area contributed by atoms with Gasteiger partial charge < -0.3 is 10.6 Å². The van der Waals surface area contributed by atoms with Crippen molar-refractivity contribution in [3.8, 4) is 5.69 Å². The molecule has 1 amide bonds. The Balaban J connectivity index is 1.59. The number of para-hydroxylation sites is 1. The molecular weight excluding hydrogens is 344 g/mol. The summed E-state index contributed by atoms with van der Waals surface area (Å²) in [5.41, 5.74) is 0.149. The molecule has 1 aliphatic rings. The molecule has 1 aromatic carbocycles. The number of carbonyl (C=O) groups excluding carboxylic acids is 1. The maximum atomic E-state index is 13.3. The molecule has 0 saturated carbocycles. The largest absolute Gasteiger partial charge is 0.344 e. The molecule has 0 bridgehead atoms. The fourth-order valence-electron chi connectivity index (χ4n) is 3.54. The zero-order valence-electron chi connectivity index (χ0n) is 15.1. The van der Waals surface area contributed by atoms with E-state index in [2.05, 4.69) is 31.3 Å². The topological polar surface area (TPSA) is 103 Å². The van der Waals surface area contributed by atoms with Gasteiger partial charge in [-0.3, -0.25) is 9.48 Å². The van der Waals surface area contributed by atoms with Crippen LogP contribution in [-0.2, 0) is 10.3 Å². The van der Waals surface area contributed by atoms with Crippen LogP contribution in [0.4, 0.5) is 0 Å². The Kier molecular flexibility index (Phi) is 4.68. The molecule has 2 N–H and O–H groups in total. The Bertz CT molecular complexity index is 883. The third-order valence-electron chi connectivity index (χ3n) is 5.03. The van der Waals surface area contributed by atoms with E-state index in [1.165, 1.54) is 0 Å². The molecule has 1 atom stereocenters. The van der Waals surface area contributed by atoms with Crippen LogP contribution < -0.4 is 10.6 Å². The zero-order chi connectivity index (χ0) is 18.7. The predicted molar refractivity (Wildman–Crippen MR) is 98.0 cm³/mol. The minimum atomic E-state index is -0.700. The van der Waals surface area contributed by atoms with E-state index in [0.29, 0.717) is 18.7 Å². The van der Waals surface area contributed by atoms with Crippen molar-refractivity contribution in [2.75, 3.05) is 13.1 Å². The molecule has 0 spiro atoms. The predicted octanol–water partition coefficient (Wildman–Crippen LogP) is 0.815. The summed E-state index contributed by atoms with van der Waals surface area (Å²) in [4.78, 5) is 13.3. The van der Waals surface area contributed by atoms with Gasteiger partial charge in [-0.2, -0.15) is 9.78 Å². The van der Waals surface area contributed by atoms with Crippen LogP contribution in [0.5, 0.6) is 0 Å². The van der Waals surface area contributed by atoms with Gasteiger partial charge >= 0.3 is 0 Å². The summed E-state index contributed by atoms with van der Waals surface area (Å²) < 4.78 is 3.42. The van der Waals surface area contributed by atoms with Gasteiger partial charge in [0.1, 0.15) is 5.54 Å². The van der Waals surface area contributed by atoms with Gasteiger partial charge in [0, 0.05) is 12.4 Å². The minimum Gasteiger partial charge on any atom is -0.344 e. The van der Waals surface area contributed by atoms with Crippen LogP contribution in [-0.4, -0.2) is 49.0 Å². The lowest BCUT2D eigenvalue weighted by atomic mass is 9.87. The lowest BCUT2D eigenvalue weighted by molar-refractivity contribution is -0.132. The van der Waals surface area contributed by atoms with E-state index in [-0.39, 0.29) is 11.9 Å². The van der Waals surface area contributed by atoms with Gasteiger partial charge in [0.25, 0.3) is 0 Å². The van der Waals surface area contributed by atoms with E-state index in [1.54, 1.807) is 15.6 Å². The summed E-state index contributed by atoms with van der Waals surface area (Å²) in [6.45, 7) is 3.42. The Morgan fingerprint density at radius 3 is 2.70 bits per heavy atom. The third-order valence-corrected chi connectivity index (χ3v) is 5.03. The van der Waals surface area contributed by atoms with E-state index >= 15 is 0 Å². The second kappa shape index (κ2) is 7.28. The normalized spacial score (nSPS) is 17.4. The fourth-order valence-corrected chi connectivity index (χ4v) is 3.54. The van der Waals surface area contributed by atoms with Gasteiger partial charge in [-0.05, 0) is 61.5 Å². The minimum absolute atomic E-state index is 0.0668. The van der Waals surface area contributed by atoms with Crippen LogP contribution >= 0.6 is 0 Å². The molecule has 140 valence electrons. The molecule has 1 fully saturated rings. The van der Waals surface area contributed by atoms with Crippen molar-refractivity contribution in [2.45, 2.75) is 31.3 Å². The van der Waals surface area contributed by atoms with Crippen molar-refractivity contribution >= 4 is 5.91 Å². The molecular formula is C18H22N8O. The number of aromatic nitrogens is 6. The summed E-state index contributed by atoms with van der Waals surface area (Å²) in [5, 5.41) is 22.8. The molecule has 9 heteroatoms. The van der Waals surface area contributed by atoms with Crippen LogP contribution in [0.2, 0.25) is 0 Å². The van der Waals surface area contributed by atoms with Gasteiger partial charge in [0.05, 0.1) is 11.7 Å². The molecule has 1 aliphatic heterocycles. The zero-order valence-corrected chi connectivity index (χ0v) is 15.1. The van der Waals surface area contributed by atoms with Crippen molar-refractivity contribution in [2.24, 2.45) is 0 Å². The smallest absolute Gasteiger partial charge is 0.248 e. The molecule has 0 aliphatic carbocycles. The van der Waals surface area contributed by atoms with Gasteiger partial charge in [0.2, 0.25) is 5.91 Å². The lowest BCUT2D eigenvalue weighted by Crippen LogP contribution is -2.55. The van der Waals surface area contributed by atoms with Gasteiger partial charge in [-0.25, -0.2) is 0 Å². The highest BCUT2D eigenvalue weighted by atomic mass is 16.2. The second-order valence-corrected chi connectivity index (χ2v) is 6.71. The quantitative estimate of drug-likeness (QED) is 0.693. The number of tetrazole rings is 1. The van der Waals surface area contributed by atoms with Crippen LogP contribution in [0, 0.1) is 0 Å². The fraction of sp³-hybridized carbons (Fsp3) is 0.389. The standard InChI is InChI=1S/C18H22N8O/c1-14(16-22-23-24-26(16)15-6-3-2-4-7-15)21-17(27)18(8-11-19-12-9-18)25-13-5-10-20-25/h2-7,10,13-14,19H,8-9,11-12H2,1H3,(H,21,27). The SMILES string of the molecule is CC(NC(=O)C1(n2cccn2)CCNCC1)c1nnnn1-c1ccccc1. The van der Waals surface area contributed by atoms with Gasteiger partial charge in [-0.1, -0.05) is 18.2 Å². The summed E-state index contributed by atoms with van der Waals surface area (Å²) in [5.74, 6) is 0.516. The maximum Gasteiger partial charge on any atom is 0.248 e. The van der Waals surface area contributed by atoms with Crippen LogP contribution in [0.25, 0.3) is 5.69 Å². The summed E-state index contributed by atoms with van der Waals surface area (Å²) >= 11 is 0. The first-order valence-corrected chi connectivity index (χ1v) is 9.06. The van der Waals surface area contributed by atoms with Crippen molar-refractivity contribution in [1.82, 2.24) is 40.6 Å². The summed E-state index contributed by atoms with van der Waals surface area (Å²) in [7, 11) is 0. The number of hydrogen-bond acceptors (Lipinski definition) is 6. The number of rotatable bonds is 5. The average molecular weight is 366 g/mol. The number of hydrogen-bond donors (Lipinski definition) is 2. The Hall–Kier alpha value is -3.07. The van der Waals surface area contributed by atoms with Gasteiger partial charge in [-0.15, -0.1) is 5.10 Å². The molecule has 0 radical (unpaired) electrons. The third kappa shape index (κ3) is 3.21. The molecule has 1 unspecified atom stereocenters. The van der Waals surface area contributed by atoms with Crippen molar-refractivity contribution in [3.63, 3.8) is 0 Å². The molecule has 1 saturated heterocycles. The lowest BCUT2D eigenvalue weighted by Gasteiger charge is -2.37.